The molecule has 1 aromatic rings. The second-order valence-corrected chi connectivity index (χ2v) is 4.42. The summed E-state index contributed by atoms with van der Waals surface area (Å²) in [4.78, 5) is 15.0. The van der Waals surface area contributed by atoms with E-state index in [1.807, 2.05) is 0 Å². The molecule has 0 aromatic carbocycles. The van der Waals surface area contributed by atoms with Crippen molar-refractivity contribution in [1.82, 2.24) is 4.98 Å². The third-order valence-corrected chi connectivity index (χ3v) is 2.78. The highest BCUT2D eigenvalue weighted by atomic mass is 127. The van der Waals surface area contributed by atoms with Gasteiger partial charge < -0.3 is 15.2 Å². The number of hydrogen-bond donors (Lipinski definition) is 1. The molecular weight excluding hydrogens is 380 g/mol. The van der Waals surface area contributed by atoms with Crippen LogP contribution in [0.15, 0.2) is 6.07 Å². The number of ether oxygens (including phenoxy) is 2. The highest BCUT2D eigenvalue weighted by Gasteiger charge is 2.33. The van der Waals surface area contributed by atoms with Crippen LogP contribution in [0.1, 0.15) is 11.3 Å². The molecule has 0 bridgehead atoms. The van der Waals surface area contributed by atoms with Crippen LogP contribution < -0.4 is 10.5 Å². The number of pyridine rings is 1. The van der Waals surface area contributed by atoms with Crippen LogP contribution in [0.3, 0.4) is 0 Å². The van der Waals surface area contributed by atoms with Crippen molar-refractivity contribution in [2.45, 2.75) is 19.3 Å². The van der Waals surface area contributed by atoms with Crippen LogP contribution in [0, 0.1) is 3.70 Å². The SMILES string of the molecule is COC(=O)Cc1cc(CN)c(OC(F)(F)F)c(I)n1. The van der Waals surface area contributed by atoms with Gasteiger partial charge in [-0.2, -0.15) is 0 Å². The third-order valence-electron chi connectivity index (χ3n) is 2.05. The van der Waals surface area contributed by atoms with Crippen molar-refractivity contribution in [2.24, 2.45) is 5.73 Å². The Morgan fingerprint density at radius 2 is 2.16 bits per heavy atom. The molecule has 106 valence electrons. The van der Waals surface area contributed by atoms with Gasteiger partial charge in [0.2, 0.25) is 0 Å². The van der Waals surface area contributed by atoms with Crippen LogP contribution in [0.2, 0.25) is 0 Å². The Morgan fingerprint density at radius 1 is 1.53 bits per heavy atom. The maximum Gasteiger partial charge on any atom is 0.573 e. The number of carbonyl (C=O) groups is 1. The molecule has 0 aliphatic heterocycles. The van der Waals surface area contributed by atoms with Gasteiger partial charge in [-0.15, -0.1) is 13.2 Å². The standard InChI is InChI=1S/C10H10F3IN2O3/c1-18-7(17)3-6-2-5(4-15)8(9(14)16-6)19-10(11,12)13/h2H,3-4,15H2,1H3. The summed E-state index contributed by atoms with van der Waals surface area (Å²) in [5, 5.41) is 0. The lowest BCUT2D eigenvalue weighted by molar-refractivity contribution is -0.275. The molecule has 0 spiro atoms. The number of methoxy groups -OCH3 is 1. The minimum Gasteiger partial charge on any atom is -0.469 e. The molecule has 0 atom stereocenters. The summed E-state index contributed by atoms with van der Waals surface area (Å²) >= 11 is 1.59. The van der Waals surface area contributed by atoms with Crippen molar-refractivity contribution in [3.05, 3.63) is 21.0 Å². The average Bonchev–Trinajstić information content (AvgIpc) is 2.30. The van der Waals surface area contributed by atoms with E-state index < -0.39 is 18.1 Å². The van der Waals surface area contributed by atoms with E-state index >= 15 is 0 Å². The van der Waals surface area contributed by atoms with E-state index in [1.54, 1.807) is 22.6 Å². The number of halogens is 4. The molecule has 1 rings (SSSR count). The zero-order chi connectivity index (χ0) is 14.6. The highest BCUT2D eigenvalue weighted by Crippen LogP contribution is 2.30. The number of rotatable bonds is 4. The van der Waals surface area contributed by atoms with Gasteiger partial charge in [0.05, 0.1) is 19.2 Å². The van der Waals surface area contributed by atoms with Crippen molar-refractivity contribution in [1.29, 1.82) is 0 Å². The topological polar surface area (TPSA) is 74.4 Å². The molecular formula is C10H10F3IN2O3. The van der Waals surface area contributed by atoms with Gasteiger partial charge in [-0.3, -0.25) is 4.79 Å². The molecule has 0 saturated heterocycles. The molecule has 19 heavy (non-hydrogen) atoms. The summed E-state index contributed by atoms with van der Waals surface area (Å²) in [7, 11) is 1.21. The predicted molar refractivity (Wildman–Crippen MR) is 67.2 cm³/mol. The largest absolute Gasteiger partial charge is 0.573 e. The van der Waals surface area contributed by atoms with E-state index in [2.05, 4.69) is 14.5 Å². The first-order valence-electron chi connectivity index (χ1n) is 4.97. The summed E-state index contributed by atoms with van der Waals surface area (Å²) in [6.45, 7) is -0.169. The Morgan fingerprint density at radius 3 is 2.63 bits per heavy atom. The maximum atomic E-state index is 12.2. The van der Waals surface area contributed by atoms with Crippen molar-refractivity contribution in [2.75, 3.05) is 7.11 Å². The second-order valence-electron chi connectivity index (χ2n) is 3.40. The van der Waals surface area contributed by atoms with Gasteiger partial charge in [0.25, 0.3) is 0 Å². The Bertz CT molecular complexity index is 480. The quantitative estimate of drug-likeness (QED) is 0.482. The highest BCUT2D eigenvalue weighted by molar-refractivity contribution is 14.1. The summed E-state index contributed by atoms with van der Waals surface area (Å²) in [5.74, 6) is -0.986. The number of esters is 1. The van der Waals surface area contributed by atoms with E-state index in [1.165, 1.54) is 13.2 Å². The van der Waals surface area contributed by atoms with Gasteiger partial charge >= 0.3 is 12.3 Å². The van der Waals surface area contributed by atoms with Crippen LogP contribution in [-0.2, 0) is 22.5 Å². The monoisotopic (exact) mass is 390 g/mol. The van der Waals surface area contributed by atoms with Crippen molar-refractivity contribution >= 4 is 28.6 Å². The smallest absolute Gasteiger partial charge is 0.469 e. The number of hydrogen-bond acceptors (Lipinski definition) is 5. The number of aromatic nitrogens is 1. The molecule has 0 unspecified atom stereocenters. The number of alkyl halides is 3. The molecule has 0 fully saturated rings. The van der Waals surface area contributed by atoms with Crippen molar-refractivity contribution in [3.63, 3.8) is 0 Å². The van der Waals surface area contributed by atoms with Gasteiger partial charge in [-0.1, -0.05) is 0 Å². The fourth-order valence-corrected chi connectivity index (χ4v) is 2.06. The van der Waals surface area contributed by atoms with Crippen molar-refractivity contribution in [3.8, 4) is 5.75 Å². The molecule has 1 heterocycles. The molecule has 9 heteroatoms. The molecule has 0 amide bonds. The van der Waals surface area contributed by atoms with E-state index in [0.29, 0.717) is 0 Å². The Labute approximate surface area is 120 Å². The number of nitrogens with two attached hydrogens (primary N) is 1. The number of carbonyl (C=O) groups excluding carboxylic acids is 1. The van der Waals surface area contributed by atoms with Crippen LogP contribution in [0.5, 0.6) is 5.75 Å². The fraction of sp³-hybridized carbons (Fsp3) is 0.400. The molecule has 0 aliphatic carbocycles. The Balaban J connectivity index is 3.11. The van der Waals surface area contributed by atoms with Crippen LogP contribution in [0.25, 0.3) is 0 Å². The van der Waals surface area contributed by atoms with Crippen LogP contribution >= 0.6 is 22.6 Å². The van der Waals surface area contributed by atoms with Crippen LogP contribution in [0.4, 0.5) is 13.2 Å². The lowest BCUT2D eigenvalue weighted by Gasteiger charge is -2.14. The van der Waals surface area contributed by atoms with Gasteiger partial charge in [0, 0.05) is 12.1 Å². The molecule has 0 saturated carbocycles. The van der Waals surface area contributed by atoms with E-state index in [4.69, 9.17) is 5.73 Å². The van der Waals surface area contributed by atoms with Crippen LogP contribution in [-0.4, -0.2) is 24.4 Å². The first kappa shape index (κ1) is 16.0. The number of nitrogens with zero attached hydrogens (tertiary/aromatic N) is 1. The average molecular weight is 390 g/mol. The normalized spacial score (nSPS) is 11.3. The van der Waals surface area contributed by atoms with E-state index in [0.717, 1.165) is 0 Å². The zero-order valence-electron chi connectivity index (χ0n) is 9.75. The van der Waals surface area contributed by atoms with Gasteiger partial charge in [-0.05, 0) is 28.7 Å². The minimum absolute atomic E-state index is 0.0169. The summed E-state index contributed by atoms with van der Waals surface area (Å²) < 4.78 is 45.0. The van der Waals surface area contributed by atoms with Crippen molar-refractivity contribution < 1.29 is 27.4 Å². The summed E-state index contributed by atoms with van der Waals surface area (Å²) in [6.07, 6.45) is -4.97. The summed E-state index contributed by atoms with van der Waals surface area (Å²) in [6, 6.07) is 1.29. The Hall–Kier alpha value is -1.10. The lowest BCUT2D eigenvalue weighted by Crippen LogP contribution is -2.20. The Kier molecular flexibility index (Phi) is 5.35. The van der Waals surface area contributed by atoms with E-state index in [9.17, 15) is 18.0 Å². The second kappa shape index (κ2) is 6.37. The zero-order valence-corrected chi connectivity index (χ0v) is 11.9. The molecule has 5 nitrogen and oxygen atoms in total. The molecule has 2 N–H and O–H groups in total. The van der Waals surface area contributed by atoms with Gasteiger partial charge in [0.1, 0.15) is 3.70 Å². The molecule has 0 radical (unpaired) electrons. The first-order valence-corrected chi connectivity index (χ1v) is 6.05. The van der Waals surface area contributed by atoms with E-state index in [-0.39, 0.29) is 27.9 Å². The lowest BCUT2D eigenvalue weighted by atomic mass is 10.2. The van der Waals surface area contributed by atoms with Gasteiger partial charge in [-0.25, -0.2) is 4.98 Å². The van der Waals surface area contributed by atoms with Gasteiger partial charge in [0.15, 0.2) is 5.75 Å². The third kappa shape index (κ3) is 4.82. The minimum atomic E-state index is -4.82. The molecule has 1 aromatic heterocycles. The fourth-order valence-electron chi connectivity index (χ4n) is 1.29. The summed E-state index contributed by atoms with van der Waals surface area (Å²) in [5.41, 5.74) is 5.77. The predicted octanol–water partition coefficient (Wildman–Crippen LogP) is 1.76. The maximum absolute atomic E-state index is 12.2. The molecule has 0 aliphatic rings. The first-order chi connectivity index (χ1) is 8.76.